The van der Waals surface area contributed by atoms with E-state index in [-0.39, 0.29) is 5.92 Å². The van der Waals surface area contributed by atoms with Crippen molar-refractivity contribution < 1.29 is 9.53 Å². The second-order valence-electron chi connectivity index (χ2n) is 7.16. The first kappa shape index (κ1) is 15.6. The maximum atomic E-state index is 12.9. The SMILES string of the molecule is O=C([C@@H]1CCO[C@@H]2CCN(Cc3ccsc3)C[C@H]21)N1CCCC1. The Morgan fingerprint density at radius 2 is 2.13 bits per heavy atom. The van der Waals surface area contributed by atoms with Gasteiger partial charge in [-0.2, -0.15) is 11.3 Å². The summed E-state index contributed by atoms with van der Waals surface area (Å²) < 4.78 is 6.01. The van der Waals surface area contributed by atoms with Crippen LogP contribution >= 0.6 is 11.3 Å². The topological polar surface area (TPSA) is 32.8 Å². The van der Waals surface area contributed by atoms with Gasteiger partial charge >= 0.3 is 0 Å². The van der Waals surface area contributed by atoms with Crippen molar-refractivity contribution in [2.24, 2.45) is 11.8 Å². The van der Waals surface area contributed by atoms with E-state index in [9.17, 15) is 4.79 Å². The van der Waals surface area contributed by atoms with E-state index in [1.54, 1.807) is 11.3 Å². The fourth-order valence-electron chi connectivity index (χ4n) is 4.45. The third-order valence-electron chi connectivity index (χ3n) is 5.68. The molecule has 0 N–H and O–H groups in total. The lowest BCUT2D eigenvalue weighted by molar-refractivity contribution is -0.150. The molecule has 3 fully saturated rings. The Morgan fingerprint density at radius 1 is 1.26 bits per heavy atom. The highest BCUT2D eigenvalue weighted by Gasteiger charge is 2.43. The number of thiophene rings is 1. The van der Waals surface area contributed by atoms with Gasteiger partial charge in [0.2, 0.25) is 5.91 Å². The van der Waals surface area contributed by atoms with Crippen LogP contribution in [0.1, 0.15) is 31.2 Å². The molecule has 0 aromatic carbocycles. The molecule has 3 aliphatic rings. The van der Waals surface area contributed by atoms with Crippen molar-refractivity contribution in [2.45, 2.75) is 38.3 Å². The van der Waals surface area contributed by atoms with Crippen LogP contribution in [0.25, 0.3) is 0 Å². The van der Waals surface area contributed by atoms with Gasteiger partial charge in [0.1, 0.15) is 0 Å². The first-order chi connectivity index (χ1) is 11.3. The fourth-order valence-corrected chi connectivity index (χ4v) is 5.11. The smallest absolute Gasteiger partial charge is 0.226 e. The molecule has 0 saturated carbocycles. The van der Waals surface area contributed by atoms with Gasteiger partial charge in [-0.25, -0.2) is 0 Å². The van der Waals surface area contributed by atoms with E-state index in [0.717, 1.165) is 52.2 Å². The molecule has 0 radical (unpaired) electrons. The number of rotatable bonds is 3. The highest BCUT2D eigenvalue weighted by atomic mass is 32.1. The Hall–Kier alpha value is -0.910. The quantitative estimate of drug-likeness (QED) is 0.852. The van der Waals surface area contributed by atoms with Crippen LogP contribution in [0.15, 0.2) is 16.8 Å². The van der Waals surface area contributed by atoms with Crippen molar-refractivity contribution in [1.29, 1.82) is 0 Å². The summed E-state index contributed by atoms with van der Waals surface area (Å²) in [6.45, 7) is 5.79. The Kier molecular flexibility index (Phi) is 4.69. The van der Waals surface area contributed by atoms with E-state index in [1.165, 1.54) is 18.4 Å². The van der Waals surface area contributed by atoms with Gasteiger partial charge < -0.3 is 9.64 Å². The summed E-state index contributed by atoms with van der Waals surface area (Å²) in [5, 5.41) is 4.38. The van der Waals surface area contributed by atoms with Crippen molar-refractivity contribution in [3.8, 4) is 0 Å². The summed E-state index contributed by atoms with van der Waals surface area (Å²) in [5.74, 6) is 0.958. The van der Waals surface area contributed by atoms with Crippen LogP contribution in [0, 0.1) is 11.8 Å². The summed E-state index contributed by atoms with van der Waals surface area (Å²) in [6.07, 6.45) is 4.61. The Balaban J connectivity index is 1.44. The van der Waals surface area contributed by atoms with Gasteiger partial charge in [0.15, 0.2) is 0 Å². The second kappa shape index (κ2) is 6.91. The second-order valence-corrected chi connectivity index (χ2v) is 7.94. The molecule has 1 amide bonds. The predicted molar refractivity (Wildman–Crippen MR) is 91.4 cm³/mol. The number of hydrogen-bond acceptors (Lipinski definition) is 4. The first-order valence-corrected chi connectivity index (χ1v) is 9.89. The molecule has 3 aliphatic heterocycles. The fraction of sp³-hybridized carbons (Fsp3) is 0.722. The summed E-state index contributed by atoms with van der Waals surface area (Å²) in [6, 6.07) is 2.21. The minimum atomic E-state index is 0.178. The predicted octanol–water partition coefficient (Wildman–Crippen LogP) is 2.60. The molecule has 0 spiro atoms. The van der Waals surface area contributed by atoms with E-state index in [1.807, 2.05) is 0 Å². The molecule has 4 rings (SSSR count). The standard InChI is InChI=1S/C18H26N2O2S/c21-18(20-6-1-2-7-20)15-4-9-22-17-3-8-19(12-16(15)17)11-14-5-10-23-13-14/h5,10,13,15-17H,1-4,6-9,11-12H2/t15-,16+,17-/m1/s1. The monoisotopic (exact) mass is 334 g/mol. The van der Waals surface area contributed by atoms with Gasteiger partial charge in [0, 0.05) is 51.2 Å². The van der Waals surface area contributed by atoms with Gasteiger partial charge in [-0.1, -0.05) is 0 Å². The van der Waals surface area contributed by atoms with Crippen LogP contribution in [-0.2, 0) is 16.1 Å². The highest BCUT2D eigenvalue weighted by Crippen LogP contribution is 2.35. The number of hydrogen-bond donors (Lipinski definition) is 0. The third kappa shape index (κ3) is 3.32. The molecule has 5 heteroatoms. The number of likely N-dealkylation sites (tertiary alicyclic amines) is 2. The Morgan fingerprint density at radius 3 is 2.91 bits per heavy atom. The van der Waals surface area contributed by atoms with E-state index < -0.39 is 0 Å². The van der Waals surface area contributed by atoms with Crippen LogP contribution in [0.5, 0.6) is 0 Å². The zero-order chi connectivity index (χ0) is 15.6. The normalized spacial score (nSPS) is 32.0. The van der Waals surface area contributed by atoms with Crippen molar-refractivity contribution in [2.75, 3.05) is 32.8 Å². The lowest BCUT2D eigenvalue weighted by Crippen LogP contribution is -2.53. The van der Waals surface area contributed by atoms with E-state index in [0.29, 0.717) is 17.9 Å². The molecule has 0 bridgehead atoms. The molecule has 3 saturated heterocycles. The number of fused-ring (bicyclic) bond motifs is 1. The molecule has 0 aliphatic carbocycles. The van der Waals surface area contributed by atoms with Crippen molar-refractivity contribution in [3.05, 3.63) is 22.4 Å². The van der Waals surface area contributed by atoms with Crippen molar-refractivity contribution in [1.82, 2.24) is 9.80 Å². The molecule has 3 atom stereocenters. The molecule has 4 heterocycles. The lowest BCUT2D eigenvalue weighted by Gasteiger charge is -2.45. The summed E-state index contributed by atoms with van der Waals surface area (Å²) in [4.78, 5) is 17.6. The molecular formula is C18H26N2O2S. The summed E-state index contributed by atoms with van der Waals surface area (Å²) >= 11 is 1.76. The molecule has 0 unspecified atom stereocenters. The number of nitrogens with zero attached hydrogens (tertiary/aromatic N) is 2. The number of amides is 1. The molecule has 23 heavy (non-hydrogen) atoms. The first-order valence-electron chi connectivity index (χ1n) is 8.95. The number of carbonyl (C=O) groups is 1. The maximum Gasteiger partial charge on any atom is 0.226 e. The third-order valence-corrected chi connectivity index (χ3v) is 6.41. The average Bonchev–Trinajstić information content (AvgIpc) is 3.27. The number of piperidine rings is 1. The molecule has 1 aromatic rings. The number of carbonyl (C=O) groups excluding carboxylic acids is 1. The van der Waals surface area contributed by atoms with E-state index >= 15 is 0 Å². The zero-order valence-corrected chi connectivity index (χ0v) is 14.5. The Bertz CT molecular complexity index is 527. The van der Waals surface area contributed by atoms with Crippen LogP contribution in [0.2, 0.25) is 0 Å². The van der Waals surface area contributed by atoms with Gasteiger partial charge in [-0.05, 0) is 48.1 Å². The van der Waals surface area contributed by atoms with Crippen LogP contribution in [0.3, 0.4) is 0 Å². The summed E-state index contributed by atoms with van der Waals surface area (Å²) in [5.41, 5.74) is 1.40. The van der Waals surface area contributed by atoms with Gasteiger partial charge in [-0.15, -0.1) is 0 Å². The van der Waals surface area contributed by atoms with Crippen LogP contribution < -0.4 is 0 Å². The van der Waals surface area contributed by atoms with Gasteiger partial charge in [0.25, 0.3) is 0 Å². The molecular weight excluding hydrogens is 308 g/mol. The zero-order valence-electron chi connectivity index (χ0n) is 13.7. The molecule has 4 nitrogen and oxygen atoms in total. The van der Waals surface area contributed by atoms with Crippen molar-refractivity contribution >= 4 is 17.2 Å². The minimum Gasteiger partial charge on any atom is -0.378 e. The lowest BCUT2D eigenvalue weighted by atomic mass is 9.78. The molecule has 126 valence electrons. The average molecular weight is 334 g/mol. The summed E-state index contributed by atoms with van der Waals surface area (Å²) in [7, 11) is 0. The van der Waals surface area contributed by atoms with Crippen LogP contribution in [0.4, 0.5) is 0 Å². The molecule has 1 aromatic heterocycles. The van der Waals surface area contributed by atoms with Crippen molar-refractivity contribution in [3.63, 3.8) is 0 Å². The number of ether oxygens (including phenoxy) is 1. The van der Waals surface area contributed by atoms with Gasteiger partial charge in [-0.3, -0.25) is 9.69 Å². The maximum absolute atomic E-state index is 12.9. The largest absolute Gasteiger partial charge is 0.378 e. The van der Waals surface area contributed by atoms with E-state index in [2.05, 4.69) is 26.6 Å². The van der Waals surface area contributed by atoms with Gasteiger partial charge in [0.05, 0.1) is 6.10 Å². The highest BCUT2D eigenvalue weighted by molar-refractivity contribution is 7.07. The van der Waals surface area contributed by atoms with Crippen LogP contribution in [-0.4, -0.2) is 54.6 Å². The van der Waals surface area contributed by atoms with E-state index in [4.69, 9.17) is 4.74 Å². The minimum absolute atomic E-state index is 0.178. The Labute approximate surface area is 142 Å².